The van der Waals surface area contributed by atoms with E-state index in [1.165, 1.54) is 18.5 Å². The molecular formula is C11H10N2O. The lowest BCUT2D eigenvalue weighted by molar-refractivity contribution is 0.112. The molecule has 1 heterocycles. The van der Waals surface area contributed by atoms with Gasteiger partial charge < -0.3 is 0 Å². The molecule has 14 heavy (non-hydrogen) atoms. The van der Waals surface area contributed by atoms with E-state index in [0.717, 1.165) is 17.2 Å². The molecule has 3 nitrogen and oxygen atoms in total. The Balaban J connectivity index is 2.30. The standard InChI is InChI=1S/C11H10N2O/c14-6-8-2-1-3-9-10(7-4-5-7)12-13-11(8)9/h1-3,6-7H,4-5H2,(H,12,13). The van der Waals surface area contributed by atoms with Crippen molar-refractivity contribution in [1.29, 1.82) is 0 Å². The summed E-state index contributed by atoms with van der Waals surface area (Å²) >= 11 is 0. The SMILES string of the molecule is O=Cc1cccc2c(C3CC3)[nH]nc12. The molecule has 1 fully saturated rings. The first kappa shape index (κ1) is 7.74. The predicted octanol–water partition coefficient (Wildman–Crippen LogP) is 2.25. The van der Waals surface area contributed by atoms with E-state index in [4.69, 9.17) is 0 Å². The van der Waals surface area contributed by atoms with Gasteiger partial charge in [0.05, 0.1) is 0 Å². The summed E-state index contributed by atoms with van der Waals surface area (Å²) in [5, 5.41) is 8.34. The Bertz CT molecular complexity index is 497. The van der Waals surface area contributed by atoms with Gasteiger partial charge in [-0.15, -0.1) is 0 Å². The Morgan fingerprint density at radius 3 is 3.00 bits per heavy atom. The van der Waals surface area contributed by atoms with Crippen molar-refractivity contribution in [3.8, 4) is 0 Å². The highest BCUT2D eigenvalue weighted by atomic mass is 16.1. The van der Waals surface area contributed by atoms with Crippen molar-refractivity contribution in [2.45, 2.75) is 18.8 Å². The monoisotopic (exact) mass is 186 g/mol. The summed E-state index contributed by atoms with van der Waals surface area (Å²) < 4.78 is 0. The van der Waals surface area contributed by atoms with E-state index in [0.29, 0.717) is 11.5 Å². The Hall–Kier alpha value is -1.64. The molecule has 1 aromatic carbocycles. The van der Waals surface area contributed by atoms with Gasteiger partial charge in [0.2, 0.25) is 0 Å². The molecule has 2 aromatic rings. The number of fused-ring (bicyclic) bond motifs is 1. The summed E-state index contributed by atoms with van der Waals surface area (Å²) in [6, 6.07) is 5.74. The number of carbonyl (C=O) groups is 1. The number of nitrogens with one attached hydrogen (secondary N) is 1. The second-order valence-corrected chi connectivity index (χ2v) is 3.77. The van der Waals surface area contributed by atoms with Crippen LogP contribution < -0.4 is 0 Å². The fourth-order valence-corrected chi connectivity index (χ4v) is 1.86. The number of aromatic nitrogens is 2. The van der Waals surface area contributed by atoms with Crippen molar-refractivity contribution >= 4 is 17.2 Å². The van der Waals surface area contributed by atoms with E-state index in [1.807, 2.05) is 12.1 Å². The molecule has 0 radical (unpaired) electrons. The number of hydrogen-bond acceptors (Lipinski definition) is 2. The zero-order valence-electron chi connectivity index (χ0n) is 7.66. The quantitative estimate of drug-likeness (QED) is 0.731. The lowest BCUT2D eigenvalue weighted by Crippen LogP contribution is -1.81. The zero-order valence-corrected chi connectivity index (χ0v) is 7.66. The molecule has 0 unspecified atom stereocenters. The van der Waals surface area contributed by atoms with Crippen LogP contribution >= 0.6 is 0 Å². The van der Waals surface area contributed by atoms with E-state index in [9.17, 15) is 4.79 Å². The van der Waals surface area contributed by atoms with Gasteiger partial charge in [0.15, 0.2) is 6.29 Å². The van der Waals surface area contributed by atoms with Gasteiger partial charge in [-0.05, 0) is 18.9 Å². The van der Waals surface area contributed by atoms with Gasteiger partial charge in [0.1, 0.15) is 5.52 Å². The van der Waals surface area contributed by atoms with Crippen molar-refractivity contribution < 1.29 is 4.79 Å². The van der Waals surface area contributed by atoms with Crippen molar-refractivity contribution in [3.63, 3.8) is 0 Å². The van der Waals surface area contributed by atoms with E-state index >= 15 is 0 Å². The van der Waals surface area contributed by atoms with E-state index in [-0.39, 0.29) is 0 Å². The average molecular weight is 186 g/mol. The molecule has 70 valence electrons. The molecule has 1 aromatic heterocycles. The summed E-state index contributed by atoms with van der Waals surface area (Å²) in [4.78, 5) is 10.8. The number of rotatable bonds is 2. The fraction of sp³-hybridized carbons (Fsp3) is 0.273. The van der Waals surface area contributed by atoms with Gasteiger partial charge in [-0.3, -0.25) is 9.89 Å². The minimum Gasteiger partial charge on any atom is -0.298 e. The summed E-state index contributed by atoms with van der Waals surface area (Å²) in [6.07, 6.45) is 3.34. The number of para-hydroxylation sites is 1. The highest BCUT2D eigenvalue weighted by Gasteiger charge is 2.27. The van der Waals surface area contributed by atoms with Crippen LogP contribution in [0, 0.1) is 0 Å². The Kier molecular flexibility index (Phi) is 1.48. The lowest BCUT2D eigenvalue weighted by atomic mass is 10.1. The van der Waals surface area contributed by atoms with Crippen LogP contribution in [0.4, 0.5) is 0 Å². The molecule has 0 bridgehead atoms. The Morgan fingerprint density at radius 2 is 2.29 bits per heavy atom. The maximum atomic E-state index is 10.8. The van der Waals surface area contributed by atoms with Gasteiger partial charge in [-0.1, -0.05) is 12.1 Å². The molecule has 3 rings (SSSR count). The van der Waals surface area contributed by atoms with Gasteiger partial charge in [-0.2, -0.15) is 5.10 Å². The highest BCUT2D eigenvalue weighted by molar-refractivity contribution is 5.96. The van der Waals surface area contributed by atoms with Crippen LogP contribution in [-0.2, 0) is 0 Å². The Labute approximate surface area is 81.1 Å². The largest absolute Gasteiger partial charge is 0.298 e. The van der Waals surface area contributed by atoms with Crippen molar-refractivity contribution in [3.05, 3.63) is 29.5 Å². The first-order valence-corrected chi connectivity index (χ1v) is 4.82. The third-order valence-corrected chi connectivity index (χ3v) is 2.76. The number of aldehydes is 1. The minimum absolute atomic E-state index is 0.641. The van der Waals surface area contributed by atoms with E-state index in [1.54, 1.807) is 6.07 Å². The molecule has 0 spiro atoms. The number of benzene rings is 1. The molecule has 0 aliphatic heterocycles. The molecule has 1 N–H and O–H groups in total. The van der Waals surface area contributed by atoms with Gasteiger partial charge in [-0.25, -0.2) is 0 Å². The summed E-state index contributed by atoms with van der Waals surface area (Å²) in [5.74, 6) is 0.641. The molecular weight excluding hydrogens is 176 g/mol. The number of H-pyrrole nitrogens is 1. The van der Waals surface area contributed by atoms with Crippen LogP contribution in [0.2, 0.25) is 0 Å². The summed E-state index contributed by atoms with van der Waals surface area (Å²) in [7, 11) is 0. The lowest BCUT2D eigenvalue weighted by Gasteiger charge is -1.94. The average Bonchev–Trinajstić information content (AvgIpc) is 2.97. The number of hydrogen-bond donors (Lipinski definition) is 1. The Morgan fingerprint density at radius 1 is 1.43 bits per heavy atom. The first-order chi connectivity index (χ1) is 6.90. The van der Waals surface area contributed by atoms with Crippen LogP contribution in [0.15, 0.2) is 18.2 Å². The second kappa shape index (κ2) is 2.67. The van der Waals surface area contributed by atoms with E-state index < -0.39 is 0 Å². The highest BCUT2D eigenvalue weighted by Crippen LogP contribution is 2.42. The van der Waals surface area contributed by atoms with Crippen molar-refractivity contribution in [2.24, 2.45) is 0 Å². The summed E-state index contributed by atoms with van der Waals surface area (Å²) in [6.45, 7) is 0. The van der Waals surface area contributed by atoms with Crippen molar-refractivity contribution in [1.82, 2.24) is 10.2 Å². The first-order valence-electron chi connectivity index (χ1n) is 4.82. The number of aromatic amines is 1. The van der Waals surface area contributed by atoms with Crippen LogP contribution in [0.3, 0.4) is 0 Å². The molecule has 1 aliphatic rings. The molecule has 1 saturated carbocycles. The minimum atomic E-state index is 0.641. The number of carbonyl (C=O) groups excluding carboxylic acids is 1. The topological polar surface area (TPSA) is 45.8 Å². The maximum Gasteiger partial charge on any atom is 0.152 e. The van der Waals surface area contributed by atoms with Gasteiger partial charge in [0.25, 0.3) is 0 Å². The zero-order chi connectivity index (χ0) is 9.54. The molecule has 3 heteroatoms. The fourth-order valence-electron chi connectivity index (χ4n) is 1.86. The molecule has 0 amide bonds. The smallest absolute Gasteiger partial charge is 0.152 e. The molecule has 0 saturated heterocycles. The van der Waals surface area contributed by atoms with Crippen LogP contribution in [0.25, 0.3) is 10.9 Å². The second-order valence-electron chi connectivity index (χ2n) is 3.77. The maximum absolute atomic E-state index is 10.8. The van der Waals surface area contributed by atoms with Crippen LogP contribution in [0.1, 0.15) is 34.8 Å². The van der Waals surface area contributed by atoms with Crippen molar-refractivity contribution in [2.75, 3.05) is 0 Å². The third kappa shape index (κ3) is 0.985. The molecule has 0 atom stereocenters. The van der Waals surface area contributed by atoms with Crippen LogP contribution in [-0.4, -0.2) is 16.5 Å². The third-order valence-electron chi connectivity index (χ3n) is 2.76. The van der Waals surface area contributed by atoms with E-state index in [2.05, 4.69) is 10.2 Å². The normalized spacial score (nSPS) is 16.0. The summed E-state index contributed by atoms with van der Waals surface area (Å²) in [5.41, 5.74) is 2.68. The van der Waals surface area contributed by atoms with Gasteiger partial charge >= 0.3 is 0 Å². The number of nitrogens with zero attached hydrogens (tertiary/aromatic N) is 1. The van der Waals surface area contributed by atoms with Gasteiger partial charge in [0, 0.05) is 22.6 Å². The van der Waals surface area contributed by atoms with Crippen LogP contribution in [0.5, 0.6) is 0 Å². The molecule has 1 aliphatic carbocycles. The predicted molar refractivity (Wildman–Crippen MR) is 53.5 cm³/mol.